The van der Waals surface area contributed by atoms with E-state index in [-0.39, 0.29) is 5.76 Å². The Morgan fingerprint density at radius 2 is 1.74 bits per heavy atom. The Balaban J connectivity index is 1.53. The Morgan fingerprint density at radius 1 is 1.00 bits per heavy atom. The predicted molar refractivity (Wildman–Crippen MR) is 110 cm³/mol. The molecule has 0 radical (unpaired) electrons. The van der Waals surface area contributed by atoms with Crippen LogP contribution in [-0.2, 0) is 15.6 Å². The highest BCUT2D eigenvalue weighted by Gasteiger charge is 2.40. The normalized spacial score (nSPS) is 24.6. The summed E-state index contributed by atoms with van der Waals surface area (Å²) in [5.41, 5.74) is -1.13. The summed E-state index contributed by atoms with van der Waals surface area (Å²) in [7, 11) is 1.14. The highest BCUT2D eigenvalue weighted by atomic mass is 19.3. The van der Waals surface area contributed by atoms with Gasteiger partial charge in [0.1, 0.15) is 5.56 Å². The molecule has 174 valence electrons. The molecule has 0 saturated heterocycles. The van der Waals surface area contributed by atoms with Crippen LogP contribution in [0.2, 0.25) is 0 Å². The Kier molecular flexibility index (Phi) is 8.25. The van der Waals surface area contributed by atoms with Crippen LogP contribution in [0.4, 0.5) is 17.6 Å². The Hall–Kier alpha value is -1.76. The van der Waals surface area contributed by atoms with E-state index in [1.54, 1.807) is 6.08 Å². The lowest BCUT2D eigenvalue weighted by atomic mass is 9.72. The molecule has 2 aliphatic carbocycles. The number of benzene rings is 1. The van der Waals surface area contributed by atoms with E-state index in [0.29, 0.717) is 30.6 Å². The quantitative estimate of drug-likeness (QED) is 0.304. The second-order valence-corrected chi connectivity index (χ2v) is 8.62. The van der Waals surface area contributed by atoms with Crippen LogP contribution in [0, 0.1) is 29.4 Å². The van der Waals surface area contributed by atoms with Gasteiger partial charge < -0.3 is 14.2 Å². The fourth-order valence-electron chi connectivity index (χ4n) is 4.71. The lowest BCUT2D eigenvalue weighted by molar-refractivity contribution is -0.228. The first-order valence-electron chi connectivity index (χ1n) is 11.2. The molecular formula is C24H32F4O3. The van der Waals surface area contributed by atoms with Gasteiger partial charge in [-0.15, -0.1) is 0 Å². The number of allylic oxidation sites excluding steroid dienone is 2. The minimum Gasteiger partial charge on any atom is -0.494 e. The van der Waals surface area contributed by atoms with Gasteiger partial charge in [0.15, 0.2) is 11.6 Å². The summed E-state index contributed by atoms with van der Waals surface area (Å²) < 4.78 is 72.1. The number of hydrogen-bond acceptors (Lipinski definition) is 3. The molecule has 3 rings (SSSR count). The topological polar surface area (TPSA) is 27.7 Å². The summed E-state index contributed by atoms with van der Waals surface area (Å²) in [5, 5.41) is 0. The summed E-state index contributed by atoms with van der Waals surface area (Å²) in [6.45, 7) is 3.75. The molecule has 1 aromatic carbocycles. The molecule has 1 aromatic rings. The minimum atomic E-state index is -3.95. The van der Waals surface area contributed by atoms with Crippen molar-refractivity contribution in [3.63, 3.8) is 0 Å². The van der Waals surface area contributed by atoms with Gasteiger partial charge in [0.2, 0.25) is 5.82 Å². The standard InChI is InChI=1S/C24H32F4O3/c1-3-14-30-15-16-4-6-17(7-5-16)18-8-10-19(11-9-18)31-24(27,28)20-12-13-21(29-2)23(26)22(20)25/h10,12-13,16-18H,3-9,11,14-15H2,1-2H3. The Bertz CT molecular complexity index is 757. The Labute approximate surface area is 181 Å². The van der Waals surface area contributed by atoms with E-state index in [9.17, 15) is 17.6 Å². The summed E-state index contributed by atoms with van der Waals surface area (Å²) in [5.74, 6) is -1.72. The van der Waals surface area contributed by atoms with Gasteiger partial charge in [0.25, 0.3) is 0 Å². The van der Waals surface area contributed by atoms with E-state index >= 15 is 0 Å². The first-order chi connectivity index (χ1) is 14.9. The zero-order valence-electron chi connectivity index (χ0n) is 18.3. The van der Waals surface area contributed by atoms with Gasteiger partial charge in [-0.3, -0.25) is 0 Å². The second kappa shape index (κ2) is 10.7. The monoisotopic (exact) mass is 444 g/mol. The number of ether oxygens (including phenoxy) is 3. The molecule has 7 heteroatoms. The second-order valence-electron chi connectivity index (χ2n) is 8.62. The van der Waals surface area contributed by atoms with Crippen molar-refractivity contribution in [2.24, 2.45) is 17.8 Å². The van der Waals surface area contributed by atoms with Gasteiger partial charge in [-0.1, -0.05) is 6.92 Å². The summed E-state index contributed by atoms with van der Waals surface area (Å²) >= 11 is 0. The van der Waals surface area contributed by atoms with Crippen molar-refractivity contribution < 1.29 is 31.8 Å². The molecule has 0 heterocycles. The molecule has 1 saturated carbocycles. The van der Waals surface area contributed by atoms with E-state index in [0.717, 1.165) is 71.0 Å². The van der Waals surface area contributed by atoms with Gasteiger partial charge in [0.05, 0.1) is 12.9 Å². The van der Waals surface area contributed by atoms with Gasteiger partial charge in [-0.25, -0.2) is 4.39 Å². The Morgan fingerprint density at radius 3 is 2.35 bits per heavy atom. The average molecular weight is 445 g/mol. The molecule has 0 bridgehead atoms. The lowest BCUT2D eigenvalue weighted by Gasteiger charge is -2.35. The van der Waals surface area contributed by atoms with E-state index < -0.39 is 29.1 Å². The smallest absolute Gasteiger partial charge is 0.429 e. The van der Waals surface area contributed by atoms with Crippen molar-refractivity contribution >= 4 is 0 Å². The molecule has 1 fully saturated rings. The van der Waals surface area contributed by atoms with Gasteiger partial charge in [-0.05, 0) is 80.9 Å². The summed E-state index contributed by atoms with van der Waals surface area (Å²) in [4.78, 5) is 0. The first-order valence-corrected chi connectivity index (χ1v) is 11.2. The van der Waals surface area contributed by atoms with E-state index in [1.807, 2.05) is 0 Å². The van der Waals surface area contributed by atoms with Crippen molar-refractivity contribution in [1.29, 1.82) is 0 Å². The maximum atomic E-state index is 14.5. The summed E-state index contributed by atoms with van der Waals surface area (Å²) in [6.07, 6.45) is 5.17. The lowest BCUT2D eigenvalue weighted by Crippen LogP contribution is -2.26. The molecule has 3 nitrogen and oxygen atoms in total. The fraction of sp³-hybridized carbons (Fsp3) is 0.667. The van der Waals surface area contributed by atoms with Crippen LogP contribution in [-0.4, -0.2) is 20.3 Å². The third kappa shape index (κ3) is 5.93. The number of rotatable bonds is 9. The molecular weight excluding hydrogens is 412 g/mol. The van der Waals surface area contributed by atoms with Crippen molar-refractivity contribution in [1.82, 2.24) is 0 Å². The minimum absolute atomic E-state index is 0.138. The van der Waals surface area contributed by atoms with E-state index in [1.165, 1.54) is 0 Å². The van der Waals surface area contributed by atoms with Crippen LogP contribution in [0.15, 0.2) is 24.0 Å². The third-order valence-corrected chi connectivity index (χ3v) is 6.51. The van der Waals surface area contributed by atoms with Crippen LogP contribution in [0.1, 0.15) is 63.9 Å². The molecule has 31 heavy (non-hydrogen) atoms. The summed E-state index contributed by atoms with van der Waals surface area (Å²) in [6, 6.07) is 1.77. The molecule has 0 spiro atoms. The van der Waals surface area contributed by atoms with Crippen LogP contribution in [0.5, 0.6) is 5.75 Å². The van der Waals surface area contributed by atoms with E-state index in [4.69, 9.17) is 9.47 Å². The molecule has 0 N–H and O–H groups in total. The van der Waals surface area contributed by atoms with Crippen molar-refractivity contribution in [3.05, 3.63) is 41.2 Å². The van der Waals surface area contributed by atoms with Crippen LogP contribution >= 0.6 is 0 Å². The van der Waals surface area contributed by atoms with Crippen molar-refractivity contribution in [3.8, 4) is 5.75 Å². The molecule has 0 amide bonds. The van der Waals surface area contributed by atoms with Crippen LogP contribution in [0.25, 0.3) is 0 Å². The zero-order valence-corrected chi connectivity index (χ0v) is 18.3. The maximum Gasteiger partial charge on any atom is 0.429 e. The van der Waals surface area contributed by atoms with Crippen LogP contribution < -0.4 is 4.74 Å². The van der Waals surface area contributed by atoms with Gasteiger partial charge in [-0.2, -0.15) is 13.2 Å². The fourth-order valence-corrected chi connectivity index (χ4v) is 4.71. The number of alkyl halides is 2. The zero-order chi connectivity index (χ0) is 22.4. The first kappa shape index (κ1) is 23.9. The molecule has 1 unspecified atom stereocenters. The number of hydrogen-bond donors (Lipinski definition) is 0. The molecule has 0 aromatic heterocycles. The van der Waals surface area contributed by atoms with Crippen molar-refractivity contribution in [2.75, 3.05) is 20.3 Å². The molecule has 2 aliphatic rings. The third-order valence-electron chi connectivity index (χ3n) is 6.51. The average Bonchev–Trinajstić information content (AvgIpc) is 2.76. The molecule has 1 atom stereocenters. The van der Waals surface area contributed by atoms with Crippen molar-refractivity contribution in [2.45, 2.75) is 64.4 Å². The highest BCUT2D eigenvalue weighted by molar-refractivity contribution is 5.32. The number of methoxy groups -OCH3 is 1. The van der Waals surface area contributed by atoms with Crippen LogP contribution in [0.3, 0.4) is 0 Å². The van der Waals surface area contributed by atoms with Gasteiger partial charge in [0, 0.05) is 19.6 Å². The van der Waals surface area contributed by atoms with Gasteiger partial charge >= 0.3 is 6.11 Å². The largest absolute Gasteiger partial charge is 0.494 e. The number of halogens is 4. The predicted octanol–water partition coefficient (Wildman–Crippen LogP) is 6.96. The SMILES string of the molecule is CCCOCC1CCC(C2CC=C(OC(F)(F)c3ccc(OC)c(F)c3F)CC2)CC1. The van der Waals surface area contributed by atoms with E-state index in [2.05, 4.69) is 11.7 Å². The molecule has 0 aliphatic heterocycles. The highest BCUT2D eigenvalue weighted by Crippen LogP contribution is 2.42. The maximum absolute atomic E-state index is 14.5.